The Morgan fingerprint density at radius 2 is 1.76 bits per heavy atom. The number of anilines is 1. The molecule has 0 aliphatic heterocycles. The number of hydrogen-bond acceptors (Lipinski definition) is 4. The molecule has 1 rings (SSSR count). The molecule has 0 fully saturated rings. The van der Waals surface area contributed by atoms with Gasteiger partial charge in [0, 0.05) is 24.1 Å². The first-order valence-electron chi connectivity index (χ1n) is 7.66. The third kappa shape index (κ3) is 5.79. The molecule has 0 aromatic carbocycles. The van der Waals surface area contributed by atoms with Gasteiger partial charge < -0.3 is 10.2 Å². The summed E-state index contributed by atoms with van der Waals surface area (Å²) in [7, 11) is 4.18. The van der Waals surface area contributed by atoms with Crippen LogP contribution in [0.5, 0.6) is 0 Å². The van der Waals surface area contributed by atoms with E-state index < -0.39 is 0 Å². The number of nitrogens with one attached hydrogen (secondary N) is 1. The molecule has 0 saturated carbocycles. The highest BCUT2D eigenvalue weighted by Gasteiger charge is 2.17. The van der Waals surface area contributed by atoms with Gasteiger partial charge in [-0.15, -0.1) is 0 Å². The van der Waals surface area contributed by atoms with E-state index in [0.29, 0.717) is 17.1 Å². The minimum Gasteiger partial charge on any atom is -0.366 e. The van der Waals surface area contributed by atoms with E-state index in [2.05, 4.69) is 62.0 Å². The lowest BCUT2D eigenvalue weighted by molar-refractivity contribution is 0.356. The molecular weight excluding hydrogens is 284 g/mol. The first kappa shape index (κ1) is 18.2. The first-order chi connectivity index (χ1) is 9.70. The van der Waals surface area contributed by atoms with E-state index in [4.69, 9.17) is 11.6 Å². The number of rotatable bonds is 7. The predicted molar refractivity (Wildman–Crippen MR) is 91.3 cm³/mol. The van der Waals surface area contributed by atoms with Gasteiger partial charge in [0.2, 0.25) is 0 Å². The smallest absolute Gasteiger partial charge is 0.137 e. The molecule has 1 N–H and O–H groups in total. The highest BCUT2D eigenvalue weighted by Crippen LogP contribution is 2.24. The molecule has 0 bridgehead atoms. The van der Waals surface area contributed by atoms with E-state index in [-0.39, 0.29) is 5.92 Å². The summed E-state index contributed by atoms with van der Waals surface area (Å²) in [5, 5.41) is 4.11. The molecule has 0 amide bonds. The van der Waals surface area contributed by atoms with Crippen molar-refractivity contribution in [2.24, 2.45) is 5.92 Å². The second kappa shape index (κ2) is 7.95. The van der Waals surface area contributed by atoms with Crippen molar-refractivity contribution >= 4 is 17.4 Å². The van der Waals surface area contributed by atoms with Crippen LogP contribution in [0, 0.1) is 12.8 Å². The van der Waals surface area contributed by atoms with Gasteiger partial charge in [0.15, 0.2) is 0 Å². The van der Waals surface area contributed by atoms with Crippen molar-refractivity contribution in [1.29, 1.82) is 0 Å². The summed E-state index contributed by atoms with van der Waals surface area (Å²) in [6.07, 6.45) is 1.09. The van der Waals surface area contributed by atoms with Gasteiger partial charge in [-0.3, -0.25) is 0 Å². The van der Waals surface area contributed by atoms with E-state index in [0.717, 1.165) is 30.2 Å². The largest absolute Gasteiger partial charge is 0.366 e. The fourth-order valence-electron chi connectivity index (χ4n) is 2.29. The first-order valence-corrected chi connectivity index (χ1v) is 8.03. The SMILES string of the molecule is Cc1c(Cl)nc(C(C)C)nc1NC(CC(C)C)CN(C)C. The van der Waals surface area contributed by atoms with Gasteiger partial charge in [0.25, 0.3) is 0 Å². The van der Waals surface area contributed by atoms with Crippen LogP contribution in [0.4, 0.5) is 5.82 Å². The van der Waals surface area contributed by atoms with Crippen LogP contribution in [-0.2, 0) is 0 Å². The van der Waals surface area contributed by atoms with Gasteiger partial charge in [-0.2, -0.15) is 0 Å². The Labute approximate surface area is 134 Å². The molecule has 0 aliphatic carbocycles. The zero-order valence-electron chi connectivity index (χ0n) is 14.4. The standard InChI is InChI=1S/C16H29ClN4/c1-10(2)8-13(9-21(6)7)18-16-12(5)14(17)19-15(20-16)11(3)4/h10-11,13H,8-9H2,1-7H3,(H,18,19,20). The highest BCUT2D eigenvalue weighted by molar-refractivity contribution is 6.30. The van der Waals surface area contributed by atoms with Crippen molar-refractivity contribution in [3.8, 4) is 0 Å². The summed E-state index contributed by atoms with van der Waals surface area (Å²) in [6, 6.07) is 0.352. The molecule has 21 heavy (non-hydrogen) atoms. The second-order valence-corrected chi connectivity index (χ2v) is 7.09. The molecule has 0 aliphatic rings. The molecule has 5 heteroatoms. The van der Waals surface area contributed by atoms with Crippen LogP contribution < -0.4 is 5.32 Å². The number of halogens is 1. The quantitative estimate of drug-likeness (QED) is 0.774. The third-order valence-corrected chi connectivity index (χ3v) is 3.67. The van der Waals surface area contributed by atoms with Gasteiger partial charge in [-0.25, -0.2) is 9.97 Å². The van der Waals surface area contributed by atoms with Crippen LogP contribution in [0.3, 0.4) is 0 Å². The fourth-order valence-corrected chi connectivity index (χ4v) is 2.46. The van der Waals surface area contributed by atoms with Crippen molar-refractivity contribution in [2.45, 2.75) is 53.0 Å². The predicted octanol–water partition coefficient (Wildman–Crippen LogP) is 3.95. The average molecular weight is 313 g/mol. The minimum atomic E-state index is 0.265. The Hall–Kier alpha value is -0.870. The molecule has 1 unspecified atom stereocenters. The van der Waals surface area contributed by atoms with E-state index in [1.165, 1.54) is 0 Å². The highest BCUT2D eigenvalue weighted by atomic mass is 35.5. The molecule has 0 radical (unpaired) electrons. The minimum absolute atomic E-state index is 0.265. The summed E-state index contributed by atoms with van der Waals surface area (Å²) in [6.45, 7) is 11.6. The van der Waals surface area contributed by atoms with Crippen molar-refractivity contribution in [3.63, 3.8) is 0 Å². The maximum atomic E-state index is 6.26. The van der Waals surface area contributed by atoms with E-state index in [1.807, 2.05) is 6.92 Å². The van der Waals surface area contributed by atoms with E-state index in [9.17, 15) is 0 Å². The zero-order chi connectivity index (χ0) is 16.2. The normalized spacial score (nSPS) is 13.3. The Bertz CT molecular complexity index is 448. The number of hydrogen-bond donors (Lipinski definition) is 1. The third-order valence-electron chi connectivity index (χ3n) is 3.30. The summed E-state index contributed by atoms with van der Waals surface area (Å²) in [5.74, 6) is 2.55. The molecule has 0 spiro atoms. The van der Waals surface area contributed by atoms with Gasteiger partial charge in [0.05, 0.1) is 0 Å². The lowest BCUT2D eigenvalue weighted by atomic mass is 10.0. The number of nitrogens with zero attached hydrogens (tertiary/aromatic N) is 3. The summed E-state index contributed by atoms with van der Waals surface area (Å²) >= 11 is 6.26. The van der Waals surface area contributed by atoms with Gasteiger partial charge in [0.1, 0.15) is 16.8 Å². The van der Waals surface area contributed by atoms with Crippen LogP contribution in [-0.4, -0.2) is 41.5 Å². The summed E-state index contributed by atoms with van der Waals surface area (Å²) in [5.41, 5.74) is 0.925. The molecule has 4 nitrogen and oxygen atoms in total. The Morgan fingerprint density at radius 3 is 2.24 bits per heavy atom. The summed E-state index contributed by atoms with van der Waals surface area (Å²) < 4.78 is 0. The maximum absolute atomic E-state index is 6.26. The average Bonchev–Trinajstić information content (AvgIpc) is 2.32. The zero-order valence-corrected chi connectivity index (χ0v) is 15.1. The van der Waals surface area contributed by atoms with E-state index >= 15 is 0 Å². The Kier molecular flexibility index (Phi) is 6.88. The maximum Gasteiger partial charge on any atom is 0.137 e. The number of likely N-dealkylation sites (N-methyl/N-ethyl adjacent to an activating group) is 1. The molecule has 120 valence electrons. The summed E-state index contributed by atoms with van der Waals surface area (Å²) in [4.78, 5) is 11.2. The van der Waals surface area contributed by atoms with Crippen molar-refractivity contribution < 1.29 is 0 Å². The lowest BCUT2D eigenvalue weighted by Gasteiger charge is -2.25. The molecule has 0 saturated heterocycles. The molecule has 1 atom stereocenters. The number of aromatic nitrogens is 2. The molecule has 1 heterocycles. The van der Waals surface area contributed by atoms with Crippen molar-refractivity contribution in [3.05, 3.63) is 16.5 Å². The lowest BCUT2D eigenvalue weighted by Crippen LogP contribution is -2.34. The fraction of sp³-hybridized carbons (Fsp3) is 0.750. The Balaban J connectivity index is 3.01. The van der Waals surface area contributed by atoms with Gasteiger partial charge >= 0.3 is 0 Å². The monoisotopic (exact) mass is 312 g/mol. The van der Waals surface area contributed by atoms with Crippen molar-refractivity contribution in [2.75, 3.05) is 26.0 Å². The van der Waals surface area contributed by atoms with Crippen LogP contribution in [0.15, 0.2) is 0 Å². The molecule has 1 aromatic rings. The molecular formula is C16H29ClN4. The van der Waals surface area contributed by atoms with Crippen molar-refractivity contribution in [1.82, 2.24) is 14.9 Å². The van der Waals surface area contributed by atoms with Gasteiger partial charge in [-0.1, -0.05) is 39.3 Å². The van der Waals surface area contributed by atoms with Gasteiger partial charge in [-0.05, 0) is 33.4 Å². The second-order valence-electron chi connectivity index (χ2n) is 6.73. The van der Waals surface area contributed by atoms with Crippen LogP contribution in [0.25, 0.3) is 0 Å². The van der Waals surface area contributed by atoms with Crippen LogP contribution in [0.1, 0.15) is 51.4 Å². The topological polar surface area (TPSA) is 41.1 Å². The van der Waals surface area contributed by atoms with Crippen LogP contribution >= 0.6 is 11.6 Å². The van der Waals surface area contributed by atoms with Crippen LogP contribution in [0.2, 0.25) is 5.15 Å². The molecule has 1 aromatic heterocycles. The van der Waals surface area contributed by atoms with E-state index in [1.54, 1.807) is 0 Å². The Morgan fingerprint density at radius 1 is 1.14 bits per heavy atom.